The fourth-order valence-electron chi connectivity index (χ4n) is 2.19. The van der Waals surface area contributed by atoms with Crippen LogP contribution in [0.4, 0.5) is 9.18 Å². The molecule has 3 rings (SSSR count). The number of hydrogen-bond donors (Lipinski definition) is 3. The Kier molecular flexibility index (Phi) is 3.78. The summed E-state index contributed by atoms with van der Waals surface area (Å²) in [6.45, 7) is 0.420. The Bertz CT molecular complexity index is 714. The Morgan fingerprint density at radius 1 is 1.32 bits per heavy atom. The molecule has 0 saturated carbocycles. The fourth-order valence-corrected chi connectivity index (χ4v) is 2.19. The normalized spacial score (nSPS) is 17.0. The van der Waals surface area contributed by atoms with Crippen LogP contribution in [0.5, 0.6) is 0 Å². The number of hydrogen-bond acceptors (Lipinski definition) is 3. The van der Waals surface area contributed by atoms with E-state index >= 15 is 0 Å². The molecule has 1 saturated heterocycles. The second-order valence-electron chi connectivity index (χ2n) is 4.87. The minimum Gasteiger partial charge on any atom is -0.459 e. The van der Waals surface area contributed by atoms with Crippen LogP contribution in [0.3, 0.4) is 0 Å². The Morgan fingerprint density at radius 2 is 2.14 bits per heavy atom. The molecule has 1 aliphatic rings. The molecule has 0 bridgehead atoms. The van der Waals surface area contributed by atoms with E-state index in [-0.39, 0.29) is 30.8 Å². The first kappa shape index (κ1) is 14.1. The van der Waals surface area contributed by atoms with Gasteiger partial charge in [-0.05, 0) is 24.3 Å². The molecular weight excluding hydrogens is 289 g/mol. The molecule has 7 heteroatoms. The highest BCUT2D eigenvalue weighted by Gasteiger charge is 2.26. The predicted molar refractivity (Wildman–Crippen MR) is 76.3 cm³/mol. The van der Waals surface area contributed by atoms with E-state index in [9.17, 15) is 14.0 Å². The van der Waals surface area contributed by atoms with Crippen LogP contribution in [0, 0.1) is 5.82 Å². The number of halogens is 1. The lowest BCUT2D eigenvalue weighted by atomic mass is 10.1. The largest absolute Gasteiger partial charge is 0.459 e. The number of furan rings is 1. The molecule has 1 fully saturated rings. The topological polar surface area (TPSA) is 83.4 Å². The van der Waals surface area contributed by atoms with E-state index in [1.165, 1.54) is 6.07 Å². The van der Waals surface area contributed by atoms with Crippen LogP contribution in [-0.2, 0) is 11.3 Å². The third-order valence-corrected chi connectivity index (χ3v) is 3.33. The quantitative estimate of drug-likeness (QED) is 0.798. The van der Waals surface area contributed by atoms with Gasteiger partial charge >= 0.3 is 6.03 Å². The maximum absolute atomic E-state index is 13.7. The molecule has 6 nitrogen and oxygen atoms in total. The summed E-state index contributed by atoms with van der Waals surface area (Å²) in [4.78, 5) is 22.8. The van der Waals surface area contributed by atoms with Gasteiger partial charge in [0.25, 0.3) is 0 Å². The van der Waals surface area contributed by atoms with Crippen LogP contribution in [0.25, 0.3) is 11.3 Å². The van der Waals surface area contributed by atoms with E-state index in [2.05, 4.69) is 16.0 Å². The summed E-state index contributed by atoms with van der Waals surface area (Å²) in [7, 11) is 0. The van der Waals surface area contributed by atoms with Crippen molar-refractivity contribution in [3.05, 3.63) is 48.0 Å². The van der Waals surface area contributed by atoms with Crippen molar-refractivity contribution in [3.63, 3.8) is 0 Å². The average Bonchev–Trinajstić information content (AvgIpc) is 3.14. The smallest absolute Gasteiger partial charge is 0.315 e. The van der Waals surface area contributed by atoms with Crippen molar-refractivity contribution in [2.45, 2.75) is 12.6 Å². The Labute approximate surface area is 125 Å². The van der Waals surface area contributed by atoms with Crippen molar-refractivity contribution in [1.82, 2.24) is 16.0 Å². The standard InChI is InChI=1S/C15H14FN3O3/c16-11-4-2-1-3-10(11)13-6-5-9(22-13)7-17-14(20)12-8-18-15(21)19-12/h1-6,12H,7-8H2,(H,17,20)(H2,18,19,21). The van der Waals surface area contributed by atoms with Gasteiger partial charge < -0.3 is 20.4 Å². The van der Waals surface area contributed by atoms with Crippen LogP contribution in [0.2, 0.25) is 0 Å². The summed E-state index contributed by atoms with van der Waals surface area (Å²) in [6, 6.07) is 8.68. The maximum Gasteiger partial charge on any atom is 0.315 e. The highest BCUT2D eigenvalue weighted by Crippen LogP contribution is 2.24. The van der Waals surface area contributed by atoms with Crippen molar-refractivity contribution in [1.29, 1.82) is 0 Å². The third kappa shape index (κ3) is 2.93. The van der Waals surface area contributed by atoms with E-state index in [4.69, 9.17) is 4.42 Å². The van der Waals surface area contributed by atoms with Gasteiger partial charge in [0.2, 0.25) is 5.91 Å². The molecule has 1 aromatic carbocycles. The lowest BCUT2D eigenvalue weighted by Crippen LogP contribution is -2.42. The van der Waals surface area contributed by atoms with Crippen LogP contribution in [0.1, 0.15) is 5.76 Å². The van der Waals surface area contributed by atoms with Gasteiger partial charge in [-0.15, -0.1) is 0 Å². The summed E-state index contributed by atoms with van der Waals surface area (Å²) in [5.74, 6) is 0.233. The zero-order valence-corrected chi connectivity index (χ0v) is 11.6. The number of carbonyl (C=O) groups is 2. The number of benzene rings is 1. The SMILES string of the molecule is O=C1NCC(C(=O)NCc2ccc(-c3ccccc3F)o2)N1. The van der Waals surface area contributed by atoms with Gasteiger partial charge in [0.05, 0.1) is 12.1 Å². The van der Waals surface area contributed by atoms with Gasteiger partial charge in [0, 0.05) is 6.54 Å². The predicted octanol–water partition coefficient (Wildman–Crippen LogP) is 1.38. The van der Waals surface area contributed by atoms with Crippen LogP contribution in [-0.4, -0.2) is 24.5 Å². The Balaban J connectivity index is 1.62. The van der Waals surface area contributed by atoms with Crippen molar-refractivity contribution in [2.24, 2.45) is 0 Å². The number of urea groups is 1. The highest BCUT2D eigenvalue weighted by molar-refractivity contribution is 5.90. The molecule has 2 heterocycles. The van der Waals surface area contributed by atoms with E-state index in [0.29, 0.717) is 17.1 Å². The fraction of sp³-hybridized carbons (Fsp3) is 0.200. The molecule has 1 aromatic heterocycles. The summed E-state index contributed by atoms with van der Waals surface area (Å²) >= 11 is 0. The van der Waals surface area contributed by atoms with Crippen LogP contribution >= 0.6 is 0 Å². The van der Waals surface area contributed by atoms with Gasteiger partial charge in [0.1, 0.15) is 23.4 Å². The monoisotopic (exact) mass is 303 g/mol. The molecule has 0 radical (unpaired) electrons. The molecule has 0 spiro atoms. The van der Waals surface area contributed by atoms with E-state index in [0.717, 1.165) is 0 Å². The second kappa shape index (κ2) is 5.88. The zero-order valence-electron chi connectivity index (χ0n) is 11.6. The second-order valence-corrected chi connectivity index (χ2v) is 4.87. The highest BCUT2D eigenvalue weighted by atomic mass is 19.1. The van der Waals surface area contributed by atoms with E-state index in [1.807, 2.05) is 0 Å². The molecular formula is C15H14FN3O3. The molecule has 1 atom stereocenters. The van der Waals surface area contributed by atoms with Gasteiger partial charge in [-0.2, -0.15) is 0 Å². The summed E-state index contributed by atoms with van der Waals surface area (Å²) in [5, 5.41) is 7.65. The van der Waals surface area contributed by atoms with E-state index < -0.39 is 6.04 Å². The number of amides is 3. The van der Waals surface area contributed by atoms with Crippen molar-refractivity contribution in [2.75, 3.05) is 6.54 Å². The van der Waals surface area contributed by atoms with Crippen molar-refractivity contribution in [3.8, 4) is 11.3 Å². The molecule has 1 unspecified atom stereocenters. The number of rotatable bonds is 4. The van der Waals surface area contributed by atoms with E-state index in [1.54, 1.807) is 30.3 Å². The van der Waals surface area contributed by atoms with Crippen LogP contribution < -0.4 is 16.0 Å². The zero-order chi connectivity index (χ0) is 15.5. The first-order valence-electron chi connectivity index (χ1n) is 6.79. The Hall–Kier alpha value is -2.83. The first-order valence-corrected chi connectivity index (χ1v) is 6.79. The van der Waals surface area contributed by atoms with Gasteiger partial charge in [-0.1, -0.05) is 12.1 Å². The molecule has 1 aliphatic heterocycles. The van der Waals surface area contributed by atoms with Crippen molar-refractivity contribution >= 4 is 11.9 Å². The van der Waals surface area contributed by atoms with Crippen molar-refractivity contribution < 1.29 is 18.4 Å². The molecule has 3 amide bonds. The number of nitrogens with one attached hydrogen (secondary N) is 3. The minimum atomic E-state index is -0.589. The minimum absolute atomic E-state index is 0.166. The molecule has 22 heavy (non-hydrogen) atoms. The maximum atomic E-state index is 13.7. The molecule has 114 valence electrons. The number of carbonyl (C=O) groups excluding carboxylic acids is 2. The summed E-state index contributed by atoms with van der Waals surface area (Å²) < 4.78 is 19.2. The summed E-state index contributed by atoms with van der Waals surface area (Å²) in [6.07, 6.45) is 0. The molecule has 2 aromatic rings. The Morgan fingerprint density at radius 3 is 2.86 bits per heavy atom. The lowest BCUT2D eigenvalue weighted by Gasteiger charge is -2.08. The average molecular weight is 303 g/mol. The van der Waals surface area contributed by atoms with Gasteiger partial charge in [-0.3, -0.25) is 4.79 Å². The lowest BCUT2D eigenvalue weighted by molar-refractivity contribution is -0.122. The van der Waals surface area contributed by atoms with Gasteiger partial charge in [0.15, 0.2) is 0 Å². The third-order valence-electron chi connectivity index (χ3n) is 3.33. The summed E-state index contributed by atoms with van der Waals surface area (Å²) in [5.41, 5.74) is 0.368. The molecule has 3 N–H and O–H groups in total. The molecule has 0 aliphatic carbocycles. The van der Waals surface area contributed by atoms with Crippen LogP contribution in [0.15, 0.2) is 40.8 Å². The first-order chi connectivity index (χ1) is 10.6. The van der Waals surface area contributed by atoms with Gasteiger partial charge in [-0.25, -0.2) is 9.18 Å².